The molecule has 0 spiro atoms. The van der Waals surface area contributed by atoms with Crippen molar-refractivity contribution in [1.82, 2.24) is 27.4 Å². The summed E-state index contributed by atoms with van der Waals surface area (Å²) in [6.45, 7) is 0. The second-order valence-corrected chi connectivity index (χ2v) is 34.7. The first-order valence-electron chi connectivity index (χ1n) is 45.7. The Labute approximate surface area is 767 Å². The molecule has 28 aromatic rings. The lowest BCUT2D eigenvalue weighted by Gasteiger charge is -2.26. The molecule has 0 saturated heterocycles. The molecule has 0 N–H and O–H groups in total. The van der Waals surface area contributed by atoms with Gasteiger partial charge in [-0.1, -0.05) is 309 Å². The Balaban J connectivity index is 0.000000105. The molecule has 0 aliphatic heterocycles. The van der Waals surface area contributed by atoms with Gasteiger partial charge in [0.15, 0.2) is 0 Å². The van der Waals surface area contributed by atoms with Gasteiger partial charge in [0, 0.05) is 116 Å². The summed E-state index contributed by atoms with van der Waals surface area (Å²) in [5, 5.41) is 22.7. The molecule has 0 unspecified atom stereocenters. The molecule has 6 heterocycles. The molecule has 0 aliphatic rings. The Morgan fingerprint density at radius 3 is 0.707 bits per heavy atom. The number of hydrogen-bond acceptors (Lipinski definition) is 1. The zero-order chi connectivity index (χ0) is 87.6. The molecule has 0 fully saturated rings. The Morgan fingerprint density at radius 1 is 0.113 bits per heavy atom. The molecular weight excluding hydrogens is 1610 g/mol. The van der Waals surface area contributed by atoms with Crippen molar-refractivity contribution in [3.8, 4) is 56.4 Å². The maximum atomic E-state index is 2.44. The van der Waals surface area contributed by atoms with Crippen molar-refractivity contribution in [2.24, 2.45) is 0 Å². The minimum absolute atomic E-state index is 1.10. The first kappa shape index (κ1) is 76.5. The van der Waals surface area contributed by atoms with Crippen LogP contribution in [-0.4, -0.2) is 27.4 Å². The summed E-state index contributed by atoms with van der Waals surface area (Å²) in [6, 6.07) is 182. The molecule has 0 bridgehead atoms. The number of rotatable bonds is 11. The van der Waals surface area contributed by atoms with Gasteiger partial charge in [-0.05, 0) is 249 Å². The number of benzene rings is 22. The van der Waals surface area contributed by atoms with Crippen molar-refractivity contribution >= 4 is 180 Å². The maximum Gasteiger partial charge on any atom is 0.0562 e. The van der Waals surface area contributed by atoms with Crippen LogP contribution in [0.3, 0.4) is 0 Å². The highest BCUT2D eigenvalue weighted by atomic mass is 15.1. The molecule has 0 atom stereocenters. The predicted molar refractivity (Wildman–Crippen MR) is 563 cm³/mol. The molecule has 0 radical (unpaired) electrons. The topological polar surface area (TPSA) is 32.8 Å². The summed E-state index contributed by atoms with van der Waals surface area (Å²) in [7, 11) is 0. The van der Waals surface area contributed by atoms with E-state index in [1.54, 1.807) is 0 Å². The number of fused-ring (bicyclic) bond motifs is 21. The minimum Gasteiger partial charge on any atom is -0.310 e. The highest BCUT2D eigenvalue weighted by molar-refractivity contribution is 6.25. The number of hydrogen-bond donors (Lipinski definition) is 0. The van der Waals surface area contributed by atoms with Crippen LogP contribution in [0.4, 0.5) is 17.1 Å². The average Bonchev–Trinajstić information content (AvgIpc) is 1.56. The molecule has 7 heteroatoms. The smallest absolute Gasteiger partial charge is 0.0562 e. The molecule has 22 aromatic carbocycles. The van der Waals surface area contributed by atoms with Gasteiger partial charge in [0.25, 0.3) is 0 Å². The number of aromatic nitrogens is 6. The van der Waals surface area contributed by atoms with Crippen molar-refractivity contribution in [3.63, 3.8) is 0 Å². The third kappa shape index (κ3) is 12.9. The standard InChI is InChI=1S/C46H31N3.2C40H26N2/c1-4-17-34(18-5-1)47(35-19-6-2-7-20-35)37-23-14-24-38(29-37)49-43-26-13-12-25-39(43)41-30-42-40-27-32-15-10-11-16-33(32)28-44(40)48(46(42)31-45(41)49)36-21-8-3-9-22-36;1-3-12-27(13-4-1)28-16-11-19-32(22-28)42-37-21-10-9-20-33(37)35-25-36-34-23-29-14-7-8-15-30(29)24-38(34)41(40(36)26-39(35)42)31-17-5-2-6-18-31;1-3-11-27(12-4-1)28-19-21-32(22-20-28)41-37-18-10-9-17-33(37)35-25-36-34-23-29-13-7-8-14-30(29)24-38(34)42(40(36)26-39(35)41)31-15-5-2-6-16-31/h1-31H;2*1-26H. The van der Waals surface area contributed by atoms with Gasteiger partial charge in [-0.2, -0.15) is 0 Å². The van der Waals surface area contributed by atoms with Crippen LogP contribution in [0.1, 0.15) is 0 Å². The zero-order valence-corrected chi connectivity index (χ0v) is 72.6. The second kappa shape index (κ2) is 31.6. The van der Waals surface area contributed by atoms with E-state index in [9.17, 15) is 0 Å². The van der Waals surface area contributed by atoms with Crippen LogP contribution in [0.25, 0.3) is 220 Å². The molecule has 7 nitrogen and oxygen atoms in total. The fourth-order valence-corrected chi connectivity index (χ4v) is 21.2. The fraction of sp³-hybridized carbons (Fsp3) is 0. The van der Waals surface area contributed by atoms with E-state index in [4.69, 9.17) is 0 Å². The number of nitrogens with zero attached hydrogens (tertiary/aromatic N) is 7. The third-order valence-corrected chi connectivity index (χ3v) is 27.1. The largest absolute Gasteiger partial charge is 0.310 e. The van der Waals surface area contributed by atoms with Crippen LogP contribution >= 0.6 is 0 Å². The summed E-state index contributed by atoms with van der Waals surface area (Å²) >= 11 is 0. The summed E-state index contributed by atoms with van der Waals surface area (Å²) in [5.74, 6) is 0. The SMILES string of the molecule is c1ccc(-c2ccc(-n3c4ccccc4c4cc5c6cc7ccccc7cc6n(-c6ccccc6)c5cc43)cc2)cc1.c1ccc(-c2cccc(-n3c4ccccc4c4cc5c6cc7ccccc7cc6n(-c6ccccc6)c5cc43)c2)cc1.c1ccc(N(c2ccccc2)c2cccc(-n3c4ccccc4c4cc5c6cc7ccccc7cc6n(-c6ccccc6)c5cc43)c2)cc1. The van der Waals surface area contributed by atoms with E-state index >= 15 is 0 Å². The lowest BCUT2D eigenvalue weighted by Crippen LogP contribution is -2.10. The van der Waals surface area contributed by atoms with Crippen LogP contribution in [0, 0.1) is 0 Å². The monoisotopic (exact) mass is 1690 g/mol. The van der Waals surface area contributed by atoms with E-state index in [0.717, 1.165) is 39.8 Å². The quantitative estimate of drug-likeness (QED) is 0.127. The third-order valence-electron chi connectivity index (χ3n) is 27.1. The van der Waals surface area contributed by atoms with Crippen LogP contribution in [0.5, 0.6) is 0 Å². The Morgan fingerprint density at radius 2 is 0.338 bits per heavy atom. The van der Waals surface area contributed by atoms with Crippen molar-refractivity contribution in [2.45, 2.75) is 0 Å². The van der Waals surface area contributed by atoms with Crippen LogP contribution in [0.15, 0.2) is 504 Å². The summed E-state index contributed by atoms with van der Waals surface area (Å²) in [5.41, 5.74) is 29.7. The van der Waals surface area contributed by atoms with Crippen molar-refractivity contribution < 1.29 is 0 Å². The van der Waals surface area contributed by atoms with Crippen LogP contribution in [-0.2, 0) is 0 Å². The van der Waals surface area contributed by atoms with E-state index in [-0.39, 0.29) is 0 Å². The normalized spacial score (nSPS) is 11.8. The van der Waals surface area contributed by atoms with Gasteiger partial charge in [0.2, 0.25) is 0 Å². The van der Waals surface area contributed by atoms with Crippen LogP contribution < -0.4 is 4.90 Å². The first-order chi connectivity index (χ1) is 66.0. The minimum atomic E-state index is 1.10. The molecule has 622 valence electrons. The van der Waals surface area contributed by atoms with E-state index in [2.05, 4.69) is 536 Å². The van der Waals surface area contributed by atoms with Gasteiger partial charge < -0.3 is 32.3 Å². The van der Waals surface area contributed by atoms with E-state index in [1.165, 1.54) is 197 Å². The zero-order valence-electron chi connectivity index (χ0n) is 72.6. The van der Waals surface area contributed by atoms with Gasteiger partial charge in [-0.25, -0.2) is 0 Å². The molecule has 0 saturated carbocycles. The maximum absolute atomic E-state index is 2.44. The summed E-state index contributed by atoms with van der Waals surface area (Å²) < 4.78 is 14.6. The van der Waals surface area contributed by atoms with E-state index < -0.39 is 0 Å². The van der Waals surface area contributed by atoms with Gasteiger partial charge in [-0.3, -0.25) is 0 Å². The van der Waals surface area contributed by atoms with Gasteiger partial charge >= 0.3 is 0 Å². The van der Waals surface area contributed by atoms with E-state index in [0.29, 0.717) is 0 Å². The van der Waals surface area contributed by atoms with Crippen LogP contribution in [0.2, 0.25) is 0 Å². The number of anilines is 3. The Bertz CT molecular complexity index is 9380. The predicted octanol–water partition coefficient (Wildman–Crippen LogP) is 33.9. The Hall–Kier alpha value is -17.8. The molecule has 133 heavy (non-hydrogen) atoms. The average molecular weight is 1700 g/mol. The van der Waals surface area contributed by atoms with Crippen molar-refractivity contribution in [3.05, 3.63) is 504 Å². The van der Waals surface area contributed by atoms with Crippen molar-refractivity contribution in [1.29, 1.82) is 0 Å². The van der Waals surface area contributed by atoms with Crippen molar-refractivity contribution in [2.75, 3.05) is 4.90 Å². The first-order valence-corrected chi connectivity index (χ1v) is 45.7. The second-order valence-electron chi connectivity index (χ2n) is 34.7. The lowest BCUT2D eigenvalue weighted by molar-refractivity contribution is 1.16. The van der Waals surface area contributed by atoms with Gasteiger partial charge in [-0.15, -0.1) is 0 Å². The fourth-order valence-electron chi connectivity index (χ4n) is 21.2. The highest BCUT2D eigenvalue weighted by Crippen LogP contribution is 2.47. The molecule has 6 aromatic heterocycles. The summed E-state index contributed by atoms with van der Waals surface area (Å²) in [4.78, 5) is 2.33. The molecular formula is C126H83N7. The molecule has 0 aliphatic carbocycles. The van der Waals surface area contributed by atoms with E-state index in [1.807, 2.05) is 0 Å². The van der Waals surface area contributed by atoms with Gasteiger partial charge in [0.1, 0.15) is 0 Å². The lowest BCUT2D eigenvalue weighted by atomic mass is 10.0. The molecule has 0 amide bonds. The molecule has 28 rings (SSSR count). The Kier molecular flexibility index (Phi) is 18.2. The van der Waals surface area contributed by atoms with Gasteiger partial charge in [0.05, 0.1) is 66.2 Å². The number of para-hydroxylation sites is 8. The highest BCUT2D eigenvalue weighted by Gasteiger charge is 2.26. The summed E-state index contributed by atoms with van der Waals surface area (Å²) in [6.07, 6.45) is 0.